The lowest BCUT2D eigenvalue weighted by Gasteiger charge is -2.23. The Hall–Kier alpha value is -2.15. The molecular weight excluding hydrogens is 330 g/mol. The lowest BCUT2D eigenvalue weighted by Crippen LogP contribution is -2.31. The minimum atomic E-state index is 0.204. The zero-order valence-electron chi connectivity index (χ0n) is 15.4. The van der Waals surface area contributed by atoms with Gasteiger partial charge in [-0.1, -0.05) is 5.16 Å². The highest BCUT2D eigenvalue weighted by Gasteiger charge is 2.25. The molecule has 1 N–H and O–H groups in total. The molecule has 1 aliphatic heterocycles. The van der Waals surface area contributed by atoms with Gasteiger partial charge in [-0.15, -0.1) is 0 Å². The third kappa shape index (κ3) is 4.52. The number of amides is 1. The van der Waals surface area contributed by atoms with E-state index in [2.05, 4.69) is 31.2 Å². The van der Waals surface area contributed by atoms with Crippen molar-refractivity contribution in [3.05, 3.63) is 35.5 Å². The number of hydrogen-bond donors (Lipinski definition) is 1. The van der Waals surface area contributed by atoms with Crippen molar-refractivity contribution in [3.63, 3.8) is 0 Å². The van der Waals surface area contributed by atoms with Gasteiger partial charge in [-0.05, 0) is 44.1 Å². The van der Waals surface area contributed by atoms with E-state index in [1.807, 2.05) is 19.2 Å². The van der Waals surface area contributed by atoms with Gasteiger partial charge in [-0.25, -0.2) is 0 Å². The molecule has 3 heterocycles. The quantitative estimate of drug-likeness (QED) is 0.821. The Labute approximate surface area is 153 Å². The second-order valence-corrected chi connectivity index (χ2v) is 7.76. The molecule has 1 saturated carbocycles. The zero-order chi connectivity index (χ0) is 17.9. The van der Waals surface area contributed by atoms with Crippen LogP contribution in [0, 0.1) is 18.8 Å². The highest BCUT2D eigenvalue weighted by molar-refractivity contribution is 5.76. The summed E-state index contributed by atoms with van der Waals surface area (Å²) in [6.45, 7) is 6.15. The van der Waals surface area contributed by atoms with Crippen LogP contribution in [0.2, 0.25) is 0 Å². The van der Waals surface area contributed by atoms with E-state index in [0.29, 0.717) is 18.3 Å². The van der Waals surface area contributed by atoms with Crippen LogP contribution in [0.1, 0.15) is 42.8 Å². The van der Waals surface area contributed by atoms with Crippen LogP contribution in [0.3, 0.4) is 0 Å². The van der Waals surface area contributed by atoms with Crippen LogP contribution in [0.5, 0.6) is 0 Å². The largest absolute Gasteiger partial charge is 0.361 e. The van der Waals surface area contributed by atoms with Crippen molar-refractivity contribution >= 4 is 5.91 Å². The van der Waals surface area contributed by atoms with Crippen LogP contribution in [-0.4, -0.2) is 38.8 Å². The number of rotatable bonds is 7. The summed E-state index contributed by atoms with van der Waals surface area (Å²) in [5, 5.41) is 11.7. The summed E-state index contributed by atoms with van der Waals surface area (Å²) in [5.41, 5.74) is 2.19. The maximum Gasteiger partial charge on any atom is 0.220 e. The molecule has 1 amide bonds. The Balaban J connectivity index is 1.35. The molecule has 7 nitrogen and oxygen atoms in total. The van der Waals surface area contributed by atoms with Crippen molar-refractivity contribution in [2.24, 2.45) is 11.8 Å². The van der Waals surface area contributed by atoms with Crippen LogP contribution in [-0.2, 0) is 24.4 Å². The predicted octanol–water partition coefficient (Wildman–Crippen LogP) is 2.12. The molecular formula is C19H27N5O2. The summed E-state index contributed by atoms with van der Waals surface area (Å²) in [4.78, 5) is 14.3. The summed E-state index contributed by atoms with van der Waals surface area (Å²) in [5.74, 6) is 2.14. The van der Waals surface area contributed by atoms with E-state index in [9.17, 15) is 4.79 Å². The molecule has 0 bridgehead atoms. The molecule has 140 valence electrons. The summed E-state index contributed by atoms with van der Waals surface area (Å²) >= 11 is 0. The number of fused-ring (bicyclic) bond motifs is 1. The highest BCUT2D eigenvalue weighted by Crippen LogP contribution is 2.32. The Bertz CT molecular complexity index is 749. The molecule has 1 fully saturated rings. The fourth-order valence-electron chi connectivity index (χ4n) is 3.72. The Morgan fingerprint density at radius 3 is 3.00 bits per heavy atom. The molecule has 1 aliphatic carbocycles. The molecule has 0 saturated heterocycles. The van der Waals surface area contributed by atoms with E-state index in [0.717, 1.165) is 50.6 Å². The van der Waals surface area contributed by atoms with Gasteiger partial charge in [0.15, 0.2) is 0 Å². The van der Waals surface area contributed by atoms with Gasteiger partial charge in [0.05, 0.1) is 11.4 Å². The number of aryl methyl sites for hydroxylation is 1. The van der Waals surface area contributed by atoms with E-state index in [1.54, 1.807) is 0 Å². The number of carbonyl (C=O) groups excluding carboxylic acids is 1. The first-order valence-electron chi connectivity index (χ1n) is 9.57. The van der Waals surface area contributed by atoms with Crippen molar-refractivity contribution in [3.8, 4) is 0 Å². The van der Waals surface area contributed by atoms with Crippen molar-refractivity contribution in [1.82, 2.24) is 25.2 Å². The second-order valence-electron chi connectivity index (χ2n) is 7.76. The van der Waals surface area contributed by atoms with Gasteiger partial charge in [-0.3, -0.25) is 14.4 Å². The van der Waals surface area contributed by atoms with Gasteiger partial charge in [-0.2, -0.15) is 5.10 Å². The van der Waals surface area contributed by atoms with Crippen LogP contribution in [0.4, 0.5) is 0 Å². The van der Waals surface area contributed by atoms with Gasteiger partial charge < -0.3 is 9.84 Å². The molecule has 2 aromatic rings. The smallest absolute Gasteiger partial charge is 0.220 e. The van der Waals surface area contributed by atoms with Gasteiger partial charge in [0.2, 0.25) is 5.91 Å². The third-order valence-electron chi connectivity index (χ3n) is 5.25. The first kappa shape index (κ1) is 17.3. The van der Waals surface area contributed by atoms with Crippen molar-refractivity contribution in [2.75, 3.05) is 13.1 Å². The molecule has 1 atom stereocenters. The topological polar surface area (TPSA) is 76.2 Å². The molecule has 4 rings (SSSR count). The van der Waals surface area contributed by atoms with Crippen molar-refractivity contribution in [1.29, 1.82) is 0 Å². The number of aromatic nitrogens is 3. The van der Waals surface area contributed by atoms with Gasteiger partial charge in [0.1, 0.15) is 5.76 Å². The number of nitrogens with zero attached hydrogens (tertiary/aromatic N) is 4. The molecule has 2 aromatic heterocycles. The first-order valence-corrected chi connectivity index (χ1v) is 9.57. The molecule has 0 spiro atoms. The SMILES string of the molecule is Cc1cc(CN2Cc3ccnn3CC(CCNC(=O)CC3CC3)C2)no1. The summed E-state index contributed by atoms with van der Waals surface area (Å²) < 4.78 is 7.31. The van der Waals surface area contributed by atoms with Crippen LogP contribution in [0.15, 0.2) is 22.9 Å². The summed E-state index contributed by atoms with van der Waals surface area (Å²) in [7, 11) is 0. The minimum Gasteiger partial charge on any atom is -0.361 e. The van der Waals surface area contributed by atoms with Crippen LogP contribution >= 0.6 is 0 Å². The lowest BCUT2D eigenvalue weighted by atomic mass is 10.0. The van der Waals surface area contributed by atoms with E-state index >= 15 is 0 Å². The fourth-order valence-corrected chi connectivity index (χ4v) is 3.72. The van der Waals surface area contributed by atoms with Crippen molar-refractivity contribution in [2.45, 2.75) is 52.2 Å². The molecule has 0 aromatic carbocycles. The van der Waals surface area contributed by atoms with Crippen LogP contribution < -0.4 is 5.32 Å². The van der Waals surface area contributed by atoms with E-state index in [1.165, 1.54) is 18.5 Å². The number of hydrogen-bond acceptors (Lipinski definition) is 5. The summed E-state index contributed by atoms with van der Waals surface area (Å²) in [6.07, 6.45) is 5.96. The van der Waals surface area contributed by atoms with E-state index in [-0.39, 0.29) is 5.91 Å². The molecule has 2 aliphatic rings. The van der Waals surface area contributed by atoms with Crippen molar-refractivity contribution < 1.29 is 9.32 Å². The fraction of sp³-hybridized carbons (Fsp3) is 0.632. The van der Waals surface area contributed by atoms with Gasteiger partial charge >= 0.3 is 0 Å². The van der Waals surface area contributed by atoms with E-state index in [4.69, 9.17) is 4.52 Å². The van der Waals surface area contributed by atoms with Crippen LogP contribution in [0.25, 0.3) is 0 Å². The average molecular weight is 357 g/mol. The zero-order valence-corrected chi connectivity index (χ0v) is 15.4. The lowest BCUT2D eigenvalue weighted by molar-refractivity contribution is -0.121. The molecule has 26 heavy (non-hydrogen) atoms. The standard InChI is InChI=1S/C19H27N5O2/c1-14-8-17(22-26-14)12-23-10-16(11-24-18(13-23)5-7-21-24)4-6-20-19(25)9-15-2-3-15/h5,7-8,15-16H,2-4,6,9-13H2,1H3,(H,20,25). The number of carbonyl (C=O) groups is 1. The Morgan fingerprint density at radius 1 is 1.35 bits per heavy atom. The normalized spacial score (nSPS) is 20.6. The number of nitrogens with one attached hydrogen (secondary N) is 1. The van der Waals surface area contributed by atoms with Gasteiger partial charge in [0, 0.05) is 51.4 Å². The maximum absolute atomic E-state index is 11.9. The minimum absolute atomic E-state index is 0.204. The Kier molecular flexibility index (Phi) is 5.06. The second kappa shape index (κ2) is 7.61. The van der Waals surface area contributed by atoms with Gasteiger partial charge in [0.25, 0.3) is 0 Å². The molecule has 0 radical (unpaired) electrons. The first-order chi connectivity index (χ1) is 12.7. The monoisotopic (exact) mass is 357 g/mol. The predicted molar refractivity (Wildman–Crippen MR) is 96.0 cm³/mol. The molecule has 7 heteroatoms. The molecule has 1 unspecified atom stereocenters. The maximum atomic E-state index is 11.9. The highest BCUT2D eigenvalue weighted by atomic mass is 16.5. The Morgan fingerprint density at radius 2 is 2.23 bits per heavy atom. The summed E-state index contributed by atoms with van der Waals surface area (Å²) in [6, 6.07) is 4.08. The average Bonchev–Trinajstić information content (AvgIpc) is 3.21. The van der Waals surface area contributed by atoms with E-state index < -0.39 is 0 Å². The third-order valence-corrected chi connectivity index (χ3v) is 5.25.